The number of aliphatic hydroxyl groups excluding tert-OH is 2. The maximum absolute atomic E-state index is 11.1. The minimum Gasteiger partial charge on any atom is -0.490 e. The SMILES string of the molecule is CC(=O)NC1CC(Oc2ccc(-c3ccc(C#C[C@@H](CO)n4ccnc4[C@H](C)O)cc3)cc2)C1. The fraction of sp³-hybridized carbons (Fsp3) is 0.333. The van der Waals surface area contributed by atoms with E-state index in [2.05, 4.69) is 22.1 Å². The summed E-state index contributed by atoms with van der Waals surface area (Å²) in [5, 5.41) is 22.5. The molecule has 3 N–H and O–H groups in total. The van der Waals surface area contributed by atoms with Gasteiger partial charge >= 0.3 is 0 Å². The Balaban J connectivity index is 1.37. The van der Waals surface area contributed by atoms with E-state index in [0.717, 1.165) is 35.3 Å². The maximum atomic E-state index is 11.1. The van der Waals surface area contributed by atoms with Gasteiger partial charge in [-0.25, -0.2) is 4.98 Å². The summed E-state index contributed by atoms with van der Waals surface area (Å²) in [6.07, 6.45) is 4.37. The fourth-order valence-corrected chi connectivity index (χ4v) is 4.01. The number of nitrogens with one attached hydrogen (secondary N) is 1. The number of nitrogens with zero attached hydrogens (tertiary/aromatic N) is 2. The third kappa shape index (κ3) is 5.66. The Bertz CT molecular complexity index is 1170. The van der Waals surface area contributed by atoms with Crippen molar-refractivity contribution in [2.45, 2.75) is 51.0 Å². The highest BCUT2D eigenvalue weighted by atomic mass is 16.5. The van der Waals surface area contributed by atoms with Gasteiger partial charge in [-0.15, -0.1) is 0 Å². The molecule has 4 rings (SSSR count). The van der Waals surface area contributed by atoms with Gasteiger partial charge in [-0.3, -0.25) is 4.79 Å². The first kappa shape index (κ1) is 23.6. The number of aliphatic hydroxyl groups is 2. The summed E-state index contributed by atoms with van der Waals surface area (Å²) in [4.78, 5) is 15.2. The predicted octanol–water partition coefficient (Wildman–Crippen LogP) is 3.23. The zero-order valence-corrected chi connectivity index (χ0v) is 19.3. The first-order valence-electron chi connectivity index (χ1n) is 11.4. The highest BCUT2D eigenvalue weighted by Crippen LogP contribution is 2.28. The number of imidazole rings is 1. The van der Waals surface area contributed by atoms with Crippen LogP contribution in [-0.4, -0.2) is 44.4 Å². The molecule has 0 radical (unpaired) electrons. The van der Waals surface area contributed by atoms with Crippen molar-refractivity contribution in [2.24, 2.45) is 0 Å². The van der Waals surface area contributed by atoms with Crippen molar-refractivity contribution in [3.8, 4) is 28.7 Å². The molecule has 1 saturated carbocycles. The number of rotatable bonds is 7. The van der Waals surface area contributed by atoms with Crippen LogP contribution in [-0.2, 0) is 4.79 Å². The second-order valence-electron chi connectivity index (χ2n) is 8.55. The number of benzene rings is 2. The zero-order chi connectivity index (χ0) is 24.1. The third-order valence-corrected chi connectivity index (χ3v) is 5.84. The largest absolute Gasteiger partial charge is 0.490 e. The first-order chi connectivity index (χ1) is 16.4. The highest BCUT2D eigenvalue weighted by Gasteiger charge is 2.31. The van der Waals surface area contributed by atoms with Crippen LogP contribution in [0.3, 0.4) is 0 Å². The van der Waals surface area contributed by atoms with E-state index in [1.807, 2.05) is 48.5 Å². The van der Waals surface area contributed by atoms with Gasteiger partial charge in [0.2, 0.25) is 5.91 Å². The number of carbonyl (C=O) groups excluding carboxylic acids is 1. The Kier molecular flexibility index (Phi) is 7.31. The summed E-state index contributed by atoms with van der Waals surface area (Å²) in [7, 11) is 0. The van der Waals surface area contributed by atoms with Crippen molar-refractivity contribution < 1.29 is 19.7 Å². The molecule has 0 bridgehead atoms. The average molecular weight is 460 g/mol. The zero-order valence-electron chi connectivity index (χ0n) is 19.3. The van der Waals surface area contributed by atoms with Crippen molar-refractivity contribution in [3.05, 3.63) is 72.3 Å². The number of ether oxygens (including phenoxy) is 1. The van der Waals surface area contributed by atoms with E-state index in [1.54, 1.807) is 23.9 Å². The Hall–Kier alpha value is -3.60. The Morgan fingerprint density at radius 3 is 2.41 bits per heavy atom. The molecule has 0 unspecified atom stereocenters. The number of hydrogen-bond donors (Lipinski definition) is 3. The number of aromatic nitrogens is 2. The summed E-state index contributed by atoms with van der Waals surface area (Å²) in [5.41, 5.74) is 2.97. The van der Waals surface area contributed by atoms with E-state index in [-0.39, 0.29) is 24.7 Å². The van der Waals surface area contributed by atoms with Crippen LogP contribution < -0.4 is 10.1 Å². The minimum atomic E-state index is -0.740. The Morgan fingerprint density at radius 2 is 1.82 bits per heavy atom. The molecule has 1 aromatic heterocycles. The smallest absolute Gasteiger partial charge is 0.217 e. The molecule has 1 aliphatic rings. The van der Waals surface area contributed by atoms with Crippen molar-refractivity contribution in [2.75, 3.05) is 6.61 Å². The van der Waals surface area contributed by atoms with Gasteiger partial charge in [0.05, 0.1) is 6.61 Å². The van der Waals surface area contributed by atoms with Crippen molar-refractivity contribution in [1.29, 1.82) is 0 Å². The second-order valence-corrected chi connectivity index (χ2v) is 8.55. The molecular weight excluding hydrogens is 430 g/mol. The van der Waals surface area contributed by atoms with Crippen molar-refractivity contribution in [3.63, 3.8) is 0 Å². The van der Waals surface area contributed by atoms with Crippen LogP contribution in [0, 0.1) is 11.8 Å². The fourth-order valence-electron chi connectivity index (χ4n) is 4.01. The van der Waals surface area contributed by atoms with Gasteiger partial charge in [-0.2, -0.15) is 0 Å². The van der Waals surface area contributed by atoms with Crippen LogP contribution >= 0.6 is 0 Å². The maximum Gasteiger partial charge on any atom is 0.217 e. The lowest BCUT2D eigenvalue weighted by Gasteiger charge is -2.35. The molecule has 2 atom stereocenters. The lowest BCUT2D eigenvalue weighted by molar-refractivity contribution is -0.120. The van der Waals surface area contributed by atoms with Gasteiger partial charge in [0.15, 0.2) is 0 Å². The van der Waals surface area contributed by atoms with E-state index >= 15 is 0 Å². The summed E-state index contributed by atoms with van der Waals surface area (Å²) < 4.78 is 7.67. The topological polar surface area (TPSA) is 96.6 Å². The van der Waals surface area contributed by atoms with Crippen LogP contribution in [0.4, 0.5) is 0 Å². The molecule has 176 valence electrons. The van der Waals surface area contributed by atoms with Crippen LogP contribution in [0.5, 0.6) is 5.75 Å². The molecule has 1 amide bonds. The van der Waals surface area contributed by atoms with E-state index in [9.17, 15) is 15.0 Å². The number of hydrogen-bond acceptors (Lipinski definition) is 5. The molecule has 0 spiro atoms. The van der Waals surface area contributed by atoms with Crippen LogP contribution in [0.2, 0.25) is 0 Å². The predicted molar refractivity (Wildman–Crippen MR) is 129 cm³/mol. The van der Waals surface area contributed by atoms with Gasteiger partial charge in [0, 0.05) is 43.8 Å². The first-order valence-corrected chi connectivity index (χ1v) is 11.4. The van der Waals surface area contributed by atoms with Crippen molar-refractivity contribution >= 4 is 5.91 Å². The van der Waals surface area contributed by atoms with Crippen LogP contribution in [0.1, 0.15) is 50.2 Å². The van der Waals surface area contributed by atoms with Gasteiger partial charge < -0.3 is 24.8 Å². The molecule has 34 heavy (non-hydrogen) atoms. The Labute approximate surface area is 199 Å². The molecule has 3 aromatic rings. The molecule has 2 aromatic carbocycles. The molecular formula is C27H29N3O4. The number of amides is 1. The van der Waals surface area contributed by atoms with Crippen molar-refractivity contribution in [1.82, 2.24) is 14.9 Å². The second kappa shape index (κ2) is 10.6. The summed E-state index contributed by atoms with van der Waals surface area (Å²) in [6, 6.07) is 15.6. The Morgan fingerprint density at radius 1 is 1.18 bits per heavy atom. The van der Waals surface area contributed by atoms with Gasteiger partial charge in [0.1, 0.15) is 29.8 Å². The molecule has 1 fully saturated rings. The average Bonchev–Trinajstić information content (AvgIpc) is 3.29. The van der Waals surface area contributed by atoms with Gasteiger partial charge in [-0.05, 0) is 42.3 Å². The van der Waals surface area contributed by atoms with Crippen LogP contribution in [0.15, 0.2) is 60.9 Å². The molecule has 0 aliphatic heterocycles. The molecule has 7 nitrogen and oxygen atoms in total. The normalized spacial score (nSPS) is 18.7. The van der Waals surface area contributed by atoms with Gasteiger partial charge in [0.25, 0.3) is 0 Å². The summed E-state index contributed by atoms with van der Waals surface area (Å²) in [5.74, 6) is 7.46. The van der Waals surface area contributed by atoms with E-state index < -0.39 is 12.1 Å². The van der Waals surface area contributed by atoms with Gasteiger partial charge in [-0.1, -0.05) is 36.1 Å². The van der Waals surface area contributed by atoms with E-state index in [1.165, 1.54) is 6.92 Å². The highest BCUT2D eigenvalue weighted by molar-refractivity contribution is 5.73. The van der Waals surface area contributed by atoms with E-state index in [4.69, 9.17) is 4.74 Å². The lowest BCUT2D eigenvalue weighted by atomic mass is 9.89. The standard InChI is InChI=1S/C27H29N3O4/c1-18(32)27-28-13-14-30(27)24(17-31)10-5-20-3-6-21(7-4-20)22-8-11-25(12-9-22)34-26-15-23(16-26)29-19(2)33/h3-4,6-9,11-14,18,23-24,26,31-32H,15-17H2,1-2H3,(H,29,33)/t18-,23?,24-,26?/m0/s1. The summed E-state index contributed by atoms with van der Waals surface area (Å²) >= 11 is 0. The van der Waals surface area contributed by atoms with Crippen LogP contribution in [0.25, 0.3) is 11.1 Å². The number of carbonyl (C=O) groups is 1. The molecule has 7 heteroatoms. The monoisotopic (exact) mass is 459 g/mol. The third-order valence-electron chi connectivity index (χ3n) is 5.84. The lowest BCUT2D eigenvalue weighted by Crippen LogP contribution is -2.48. The summed E-state index contributed by atoms with van der Waals surface area (Å²) in [6.45, 7) is 2.99. The van der Waals surface area contributed by atoms with E-state index in [0.29, 0.717) is 5.82 Å². The molecule has 0 saturated heterocycles. The molecule has 1 aliphatic carbocycles. The quantitative estimate of drug-likeness (QED) is 0.472. The molecule has 1 heterocycles. The minimum absolute atomic E-state index is 0.00156.